The van der Waals surface area contributed by atoms with Crippen LogP contribution in [-0.4, -0.2) is 0 Å². The minimum atomic E-state index is 1.32. The predicted octanol–water partition coefficient (Wildman–Crippen LogP) is 6.03. The third kappa shape index (κ3) is 1.67. The maximum absolute atomic E-state index is 2.30. The summed E-state index contributed by atoms with van der Waals surface area (Å²) in [7, 11) is 0. The van der Waals surface area contributed by atoms with E-state index in [1.165, 1.54) is 37.5 Å². The summed E-state index contributed by atoms with van der Waals surface area (Å²) in [5, 5.41) is 6.21. The molecule has 1 heterocycles. The summed E-state index contributed by atoms with van der Waals surface area (Å²) in [6, 6.07) is 21.9. The van der Waals surface area contributed by atoms with Gasteiger partial charge in [0.25, 0.3) is 0 Å². The lowest BCUT2D eigenvalue weighted by molar-refractivity contribution is 1.47. The van der Waals surface area contributed by atoms with E-state index in [0.717, 1.165) is 0 Å². The Hall–Kier alpha value is -2.12. The van der Waals surface area contributed by atoms with Crippen molar-refractivity contribution in [2.75, 3.05) is 0 Å². The van der Waals surface area contributed by atoms with Crippen LogP contribution in [0, 0.1) is 6.92 Å². The Kier molecular flexibility index (Phi) is 2.61. The largest absolute Gasteiger partial charge is 0.144 e. The maximum Gasteiger partial charge on any atom is 0.0355 e. The Balaban J connectivity index is 2.24. The second-order valence-electron chi connectivity index (χ2n) is 5.12. The van der Waals surface area contributed by atoms with E-state index in [0.29, 0.717) is 0 Å². The van der Waals surface area contributed by atoms with Crippen LogP contribution in [0.5, 0.6) is 0 Å². The molecule has 4 aromatic rings. The monoisotopic (exact) mass is 274 g/mol. The molecule has 20 heavy (non-hydrogen) atoms. The van der Waals surface area contributed by atoms with Crippen molar-refractivity contribution in [2.45, 2.75) is 6.92 Å². The van der Waals surface area contributed by atoms with Gasteiger partial charge in [-0.3, -0.25) is 0 Å². The molecule has 4 rings (SSSR count). The first kappa shape index (κ1) is 11.7. The van der Waals surface area contributed by atoms with Gasteiger partial charge in [-0.25, -0.2) is 0 Å². The van der Waals surface area contributed by atoms with E-state index in [2.05, 4.69) is 73.0 Å². The van der Waals surface area contributed by atoms with Crippen molar-refractivity contribution in [2.24, 2.45) is 0 Å². The van der Waals surface area contributed by atoms with E-state index in [1.54, 1.807) is 0 Å². The van der Waals surface area contributed by atoms with Crippen molar-refractivity contribution in [3.8, 4) is 11.1 Å². The van der Waals surface area contributed by atoms with Gasteiger partial charge in [0, 0.05) is 10.1 Å². The molecule has 0 N–H and O–H groups in total. The molecule has 0 atom stereocenters. The molecule has 3 aromatic carbocycles. The van der Waals surface area contributed by atoms with Gasteiger partial charge in [-0.2, -0.15) is 0 Å². The quantitative estimate of drug-likeness (QED) is 0.397. The van der Waals surface area contributed by atoms with Gasteiger partial charge < -0.3 is 0 Å². The predicted molar refractivity (Wildman–Crippen MR) is 89.5 cm³/mol. The standard InChI is InChI=1S/C19H14S/c1-13-6-2-4-8-15(13)19-16-9-5-3-7-14(16)12-18-17(19)10-11-20-18/h2-12H,1H3. The molecule has 96 valence electrons. The lowest BCUT2D eigenvalue weighted by Crippen LogP contribution is -1.86. The number of thiophene rings is 1. The molecule has 0 radical (unpaired) electrons. The third-order valence-corrected chi connectivity index (χ3v) is 4.76. The summed E-state index contributed by atoms with van der Waals surface area (Å²) < 4.78 is 1.36. The van der Waals surface area contributed by atoms with Gasteiger partial charge >= 0.3 is 0 Å². The highest BCUT2D eigenvalue weighted by atomic mass is 32.1. The molecular formula is C19H14S. The topological polar surface area (TPSA) is 0 Å². The van der Waals surface area contributed by atoms with Crippen LogP contribution in [0.4, 0.5) is 0 Å². The Bertz CT molecular complexity index is 915. The number of fused-ring (bicyclic) bond motifs is 2. The van der Waals surface area contributed by atoms with Gasteiger partial charge in [0.2, 0.25) is 0 Å². The molecule has 1 heteroatoms. The molecule has 0 unspecified atom stereocenters. The molecule has 0 aliphatic heterocycles. The van der Waals surface area contributed by atoms with Crippen LogP contribution in [0.15, 0.2) is 66.0 Å². The van der Waals surface area contributed by atoms with E-state index in [4.69, 9.17) is 0 Å². The van der Waals surface area contributed by atoms with Crippen molar-refractivity contribution in [3.63, 3.8) is 0 Å². The highest BCUT2D eigenvalue weighted by molar-refractivity contribution is 7.17. The second-order valence-corrected chi connectivity index (χ2v) is 6.07. The van der Waals surface area contributed by atoms with Gasteiger partial charge in [-0.15, -0.1) is 11.3 Å². The average Bonchev–Trinajstić information content (AvgIpc) is 2.93. The summed E-state index contributed by atoms with van der Waals surface area (Å²) in [5.74, 6) is 0. The zero-order valence-corrected chi connectivity index (χ0v) is 12.1. The first-order chi connectivity index (χ1) is 9.84. The Morgan fingerprint density at radius 3 is 2.50 bits per heavy atom. The van der Waals surface area contributed by atoms with Crippen LogP contribution in [0.3, 0.4) is 0 Å². The van der Waals surface area contributed by atoms with E-state index < -0.39 is 0 Å². The Morgan fingerprint density at radius 2 is 1.60 bits per heavy atom. The summed E-state index contributed by atoms with van der Waals surface area (Å²) in [6.07, 6.45) is 0. The molecule has 0 amide bonds. The third-order valence-electron chi connectivity index (χ3n) is 3.90. The number of aryl methyl sites for hydroxylation is 1. The smallest absolute Gasteiger partial charge is 0.0355 e. The highest BCUT2D eigenvalue weighted by Gasteiger charge is 2.11. The zero-order chi connectivity index (χ0) is 13.5. The molecule has 0 fully saturated rings. The molecule has 0 aliphatic rings. The van der Waals surface area contributed by atoms with Crippen molar-refractivity contribution in [3.05, 3.63) is 71.6 Å². The van der Waals surface area contributed by atoms with Gasteiger partial charge in [0.05, 0.1) is 0 Å². The number of rotatable bonds is 1. The number of benzene rings is 3. The van der Waals surface area contributed by atoms with Crippen LogP contribution in [0.25, 0.3) is 32.0 Å². The minimum absolute atomic E-state index is 1.32. The van der Waals surface area contributed by atoms with Gasteiger partial charge in [0.1, 0.15) is 0 Å². The first-order valence-corrected chi connectivity index (χ1v) is 7.67. The van der Waals surface area contributed by atoms with Gasteiger partial charge in [0.15, 0.2) is 0 Å². The summed E-state index contributed by atoms with van der Waals surface area (Å²) in [4.78, 5) is 0. The molecule has 0 saturated heterocycles. The normalized spacial score (nSPS) is 11.2. The second kappa shape index (κ2) is 4.46. The zero-order valence-electron chi connectivity index (χ0n) is 11.3. The van der Waals surface area contributed by atoms with Crippen LogP contribution < -0.4 is 0 Å². The van der Waals surface area contributed by atoms with E-state index in [9.17, 15) is 0 Å². The lowest BCUT2D eigenvalue weighted by Gasteiger charge is -2.11. The summed E-state index contributed by atoms with van der Waals surface area (Å²) in [6.45, 7) is 2.19. The van der Waals surface area contributed by atoms with E-state index in [-0.39, 0.29) is 0 Å². The van der Waals surface area contributed by atoms with Gasteiger partial charge in [-0.05, 0) is 51.9 Å². The lowest BCUT2D eigenvalue weighted by atomic mass is 9.92. The molecule has 0 saturated carbocycles. The maximum atomic E-state index is 2.30. The van der Waals surface area contributed by atoms with Crippen molar-refractivity contribution >= 4 is 32.2 Å². The van der Waals surface area contributed by atoms with Crippen LogP contribution in [0.1, 0.15) is 5.56 Å². The Labute approximate surface area is 122 Å². The van der Waals surface area contributed by atoms with E-state index in [1.807, 2.05) is 11.3 Å². The van der Waals surface area contributed by atoms with E-state index >= 15 is 0 Å². The van der Waals surface area contributed by atoms with Crippen molar-refractivity contribution in [1.29, 1.82) is 0 Å². The highest BCUT2D eigenvalue weighted by Crippen LogP contribution is 2.39. The fourth-order valence-electron chi connectivity index (χ4n) is 2.92. The van der Waals surface area contributed by atoms with Crippen LogP contribution >= 0.6 is 11.3 Å². The van der Waals surface area contributed by atoms with Crippen molar-refractivity contribution in [1.82, 2.24) is 0 Å². The molecule has 0 aliphatic carbocycles. The molecule has 0 nitrogen and oxygen atoms in total. The minimum Gasteiger partial charge on any atom is -0.144 e. The van der Waals surface area contributed by atoms with Gasteiger partial charge in [-0.1, -0.05) is 48.5 Å². The number of hydrogen-bond acceptors (Lipinski definition) is 1. The summed E-state index contributed by atoms with van der Waals surface area (Å²) in [5.41, 5.74) is 4.04. The molecule has 0 bridgehead atoms. The van der Waals surface area contributed by atoms with Crippen LogP contribution in [0.2, 0.25) is 0 Å². The molecule has 0 spiro atoms. The first-order valence-electron chi connectivity index (χ1n) is 6.79. The fourth-order valence-corrected chi connectivity index (χ4v) is 3.76. The Morgan fingerprint density at radius 1 is 0.800 bits per heavy atom. The fraction of sp³-hybridized carbons (Fsp3) is 0.0526. The SMILES string of the molecule is Cc1ccccc1-c1c2ccccc2cc2sccc12. The molecular weight excluding hydrogens is 260 g/mol. The van der Waals surface area contributed by atoms with Crippen molar-refractivity contribution < 1.29 is 0 Å². The summed E-state index contributed by atoms with van der Waals surface area (Å²) >= 11 is 1.82. The average molecular weight is 274 g/mol. The van der Waals surface area contributed by atoms with Crippen LogP contribution in [-0.2, 0) is 0 Å². The number of hydrogen-bond donors (Lipinski definition) is 0. The molecule has 1 aromatic heterocycles.